The van der Waals surface area contributed by atoms with E-state index in [1.807, 2.05) is 0 Å². The number of allylic oxidation sites excluding steroid dienone is 14. The first-order chi connectivity index (χ1) is 30.6. The van der Waals surface area contributed by atoms with Gasteiger partial charge in [-0.1, -0.05) is 221 Å². The summed E-state index contributed by atoms with van der Waals surface area (Å²) < 4.78 is 17.4. The summed E-state index contributed by atoms with van der Waals surface area (Å²) in [5, 5.41) is 0. The highest BCUT2D eigenvalue weighted by atomic mass is 16.6. The highest BCUT2D eigenvalue weighted by molar-refractivity contribution is 5.70. The highest BCUT2D eigenvalue weighted by Gasteiger charge is 2.17. The van der Waals surface area contributed by atoms with Crippen molar-refractivity contribution in [1.82, 2.24) is 0 Å². The minimum Gasteiger partial charge on any atom is -0.462 e. The van der Waals surface area contributed by atoms with E-state index in [9.17, 15) is 9.59 Å². The van der Waals surface area contributed by atoms with Crippen LogP contribution in [0.25, 0.3) is 0 Å². The lowest BCUT2D eigenvalue weighted by atomic mass is 10.0. The molecule has 356 valence electrons. The molecule has 0 amide bonds. The molecular weight excluding hydrogens is 765 g/mol. The Kier molecular flexibility index (Phi) is 50.0. The lowest BCUT2D eigenvalue weighted by Gasteiger charge is -2.18. The van der Waals surface area contributed by atoms with E-state index < -0.39 is 6.10 Å². The molecule has 0 aliphatic carbocycles. The highest BCUT2D eigenvalue weighted by Crippen LogP contribution is 2.14. The van der Waals surface area contributed by atoms with E-state index in [2.05, 4.69) is 106 Å². The number of hydrogen-bond acceptors (Lipinski definition) is 5. The minimum atomic E-state index is -0.555. The third kappa shape index (κ3) is 49.7. The van der Waals surface area contributed by atoms with Gasteiger partial charge >= 0.3 is 11.9 Å². The van der Waals surface area contributed by atoms with Gasteiger partial charge in [-0.15, -0.1) is 0 Å². The maximum absolute atomic E-state index is 12.8. The van der Waals surface area contributed by atoms with Gasteiger partial charge in [-0.25, -0.2) is 0 Å². The van der Waals surface area contributed by atoms with Gasteiger partial charge in [-0.05, 0) is 89.9 Å². The predicted octanol–water partition coefficient (Wildman–Crippen LogP) is 17.7. The van der Waals surface area contributed by atoms with E-state index >= 15 is 0 Å². The maximum Gasteiger partial charge on any atom is 0.306 e. The van der Waals surface area contributed by atoms with Gasteiger partial charge in [0.1, 0.15) is 6.61 Å². The van der Waals surface area contributed by atoms with Crippen LogP contribution in [0.4, 0.5) is 0 Å². The van der Waals surface area contributed by atoms with Gasteiger partial charge in [-0.3, -0.25) is 9.59 Å². The largest absolute Gasteiger partial charge is 0.462 e. The van der Waals surface area contributed by atoms with Crippen LogP contribution in [0.2, 0.25) is 0 Å². The molecule has 0 spiro atoms. The molecule has 1 atom stereocenters. The molecule has 62 heavy (non-hydrogen) atoms. The number of rotatable bonds is 47. The van der Waals surface area contributed by atoms with Crippen molar-refractivity contribution >= 4 is 11.9 Å². The fraction of sp³-hybridized carbons (Fsp3) is 0.719. The number of ether oxygens (including phenoxy) is 3. The zero-order valence-electron chi connectivity index (χ0n) is 40.9. The third-order valence-corrected chi connectivity index (χ3v) is 10.9. The van der Waals surface area contributed by atoms with Gasteiger partial charge in [0.05, 0.1) is 6.61 Å². The van der Waals surface area contributed by atoms with Gasteiger partial charge in [0.25, 0.3) is 0 Å². The molecule has 0 rings (SSSR count). The summed E-state index contributed by atoms with van der Waals surface area (Å²) in [6.07, 6.45) is 68.8. The van der Waals surface area contributed by atoms with Gasteiger partial charge in [-0.2, -0.15) is 0 Å². The van der Waals surface area contributed by atoms with Gasteiger partial charge < -0.3 is 14.2 Å². The molecule has 0 aromatic heterocycles. The van der Waals surface area contributed by atoms with Crippen molar-refractivity contribution in [2.75, 3.05) is 19.8 Å². The van der Waals surface area contributed by atoms with E-state index in [4.69, 9.17) is 14.2 Å². The number of carbonyl (C=O) groups is 2. The van der Waals surface area contributed by atoms with Crippen LogP contribution in [0.3, 0.4) is 0 Å². The van der Waals surface area contributed by atoms with Crippen LogP contribution in [0.1, 0.15) is 239 Å². The van der Waals surface area contributed by atoms with E-state index in [0.717, 1.165) is 96.3 Å². The van der Waals surface area contributed by atoms with Crippen LogP contribution < -0.4 is 0 Å². The number of hydrogen-bond donors (Lipinski definition) is 0. The quantitative estimate of drug-likeness (QED) is 0.0346. The molecule has 0 aromatic carbocycles. The Balaban J connectivity index is 4.30. The summed E-state index contributed by atoms with van der Waals surface area (Å²) in [7, 11) is 0. The van der Waals surface area contributed by atoms with E-state index in [1.54, 1.807) is 0 Å². The van der Waals surface area contributed by atoms with Crippen molar-refractivity contribution in [3.63, 3.8) is 0 Å². The standard InChI is InChI=1S/C57H98O5/c1-4-7-10-13-16-19-22-25-26-27-28-29-30-31-34-37-40-43-46-49-52-60-53-55(62-57(59)51-48-45-42-39-36-33-24-21-18-15-12-9-6-3)54-61-56(58)50-47-44-41-38-35-32-23-20-17-14-11-8-5-2/h7-8,10-11,16-17,19-20,25-26,28-29,32,35,55H,4-6,9,12-15,18,21-24,27,30-31,33-34,36-54H2,1-3H3/b10-7-,11-8-,19-16-,20-17-,26-25-,29-28-,35-32-. The molecule has 0 bridgehead atoms. The summed E-state index contributed by atoms with van der Waals surface area (Å²) in [5.74, 6) is -0.435. The Morgan fingerprint density at radius 3 is 1.18 bits per heavy atom. The van der Waals surface area contributed by atoms with Crippen LogP contribution in [0.5, 0.6) is 0 Å². The second-order valence-corrected chi connectivity index (χ2v) is 17.0. The Morgan fingerprint density at radius 1 is 0.371 bits per heavy atom. The molecule has 0 aliphatic rings. The molecule has 5 nitrogen and oxygen atoms in total. The first-order valence-electron chi connectivity index (χ1n) is 26.1. The molecule has 0 aliphatic heterocycles. The zero-order valence-corrected chi connectivity index (χ0v) is 40.9. The van der Waals surface area contributed by atoms with Crippen molar-refractivity contribution in [2.24, 2.45) is 0 Å². The Morgan fingerprint density at radius 2 is 0.726 bits per heavy atom. The average Bonchev–Trinajstić information content (AvgIpc) is 3.27. The van der Waals surface area contributed by atoms with Crippen molar-refractivity contribution in [2.45, 2.75) is 245 Å². The molecule has 1 unspecified atom stereocenters. The molecule has 0 aromatic rings. The molecule has 5 heteroatoms. The van der Waals surface area contributed by atoms with Crippen molar-refractivity contribution in [1.29, 1.82) is 0 Å². The molecule has 0 heterocycles. The normalized spacial score (nSPS) is 12.9. The van der Waals surface area contributed by atoms with E-state index in [1.165, 1.54) is 109 Å². The Hall–Kier alpha value is -2.92. The lowest BCUT2D eigenvalue weighted by Crippen LogP contribution is -2.30. The molecule has 0 N–H and O–H groups in total. The maximum atomic E-state index is 12.8. The van der Waals surface area contributed by atoms with Crippen LogP contribution in [-0.2, 0) is 23.8 Å². The molecule has 0 fully saturated rings. The lowest BCUT2D eigenvalue weighted by molar-refractivity contribution is -0.163. The van der Waals surface area contributed by atoms with E-state index in [-0.39, 0.29) is 25.2 Å². The zero-order chi connectivity index (χ0) is 44.9. The summed E-state index contributed by atoms with van der Waals surface area (Å²) >= 11 is 0. The molecular formula is C57H98O5. The van der Waals surface area contributed by atoms with Crippen LogP contribution in [0, 0.1) is 0 Å². The van der Waals surface area contributed by atoms with Crippen LogP contribution in [0.15, 0.2) is 85.1 Å². The molecule has 0 radical (unpaired) electrons. The first kappa shape index (κ1) is 59.1. The predicted molar refractivity (Wildman–Crippen MR) is 270 cm³/mol. The first-order valence-corrected chi connectivity index (χ1v) is 26.1. The number of carbonyl (C=O) groups excluding carboxylic acids is 2. The van der Waals surface area contributed by atoms with Crippen LogP contribution in [-0.4, -0.2) is 37.9 Å². The van der Waals surface area contributed by atoms with E-state index in [0.29, 0.717) is 19.4 Å². The summed E-state index contributed by atoms with van der Waals surface area (Å²) in [6.45, 7) is 7.56. The summed E-state index contributed by atoms with van der Waals surface area (Å²) in [6, 6.07) is 0. The fourth-order valence-corrected chi connectivity index (χ4v) is 7.10. The minimum absolute atomic E-state index is 0.0641. The number of unbranched alkanes of at least 4 members (excludes halogenated alkanes) is 22. The third-order valence-electron chi connectivity index (χ3n) is 10.9. The van der Waals surface area contributed by atoms with Gasteiger partial charge in [0.2, 0.25) is 0 Å². The van der Waals surface area contributed by atoms with Crippen molar-refractivity contribution < 1.29 is 23.8 Å². The van der Waals surface area contributed by atoms with Crippen LogP contribution >= 0.6 is 0 Å². The topological polar surface area (TPSA) is 61.8 Å². The monoisotopic (exact) mass is 863 g/mol. The Labute approximate surface area is 384 Å². The summed E-state index contributed by atoms with van der Waals surface area (Å²) in [5.41, 5.74) is 0. The average molecular weight is 863 g/mol. The van der Waals surface area contributed by atoms with Crippen molar-refractivity contribution in [3.8, 4) is 0 Å². The summed E-state index contributed by atoms with van der Waals surface area (Å²) in [4.78, 5) is 25.4. The van der Waals surface area contributed by atoms with Gasteiger partial charge in [0, 0.05) is 19.4 Å². The molecule has 0 saturated heterocycles. The fourth-order valence-electron chi connectivity index (χ4n) is 7.10. The second-order valence-electron chi connectivity index (χ2n) is 17.0. The number of esters is 2. The molecule has 0 saturated carbocycles. The van der Waals surface area contributed by atoms with Crippen molar-refractivity contribution in [3.05, 3.63) is 85.1 Å². The van der Waals surface area contributed by atoms with Gasteiger partial charge in [0.15, 0.2) is 6.10 Å². The Bertz CT molecular complexity index is 1160. The second kappa shape index (κ2) is 52.4. The SMILES string of the molecule is CC/C=C\C/C=C\C/C=C\C/C=C\CCCCCCCCCOCC(COC(=O)CCCCC/C=C\C/C=C\C/C=C\CC)OC(=O)CCCCCCCCCCCCCCC. The smallest absolute Gasteiger partial charge is 0.306 e.